The van der Waals surface area contributed by atoms with Gasteiger partial charge >= 0.3 is 0 Å². The lowest BCUT2D eigenvalue weighted by Crippen LogP contribution is -2.39. The summed E-state index contributed by atoms with van der Waals surface area (Å²) >= 11 is 6.07. The number of hydrogen-bond donors (Lipinski definition) is 2. The van der Waals surface area contributed by atoms with E-state index in [2.05, 4.69) is 47.1 Å². The van der Waals surface area contributed by atoms with Gasteiger partial charge in [0.05, 0.1) is 17.1 Å². The van der Waals surface area contributed by atoms with E-state index in [-0.39, 0.29) is 12.1 Å². The molecule has 0 amide bonds. The van der Waals surface area contributed by atoms with Crippen molar-refractivity contribution in [3.63, 3.8) is 0 Å². The van der Waals surface area contributed by atoms with Crippen molar-refractivity contribution >= 4 is 23.8 Å². The van der Waals surface area contributed by atoms with Crippen LogP contribution in [0.15, 0.2) is 24.4 Å². The minimum absolute atomic E-state index is 0.0743. The van der Waals surface area contributed by atoms with Crippen molar-refractivity contribution in [3.8, 4) is 0 Å². The molecule has 2 unspecified atom stereocenters. The molecule has 31 heavy (non-hydrogen) atoms. The molecule has 0 aliphatic carbocycles. The number of nitrogens with one attached hydrogen (secondary N) is 1. The van der Waals surface area contributed by atoms with Gasteiger partial charge in [0.2, 0.25) is 0 Å². The highest BCUT2D eigenvalue weighted by molar-refractivity contribution is 6.29. The highest BCUT2D eigenvalue weighted by atomic mass is 35.5. The normalized spacial score (nSPS) is 14.2. The average molecular weight is 448 g/mol. The van der Waals surface area contributed by atoms with Crippen LogP contribution in [-0.4, -0.2) is 41.4 Å². The standard InChI is InChI=1S/C23H32ClN3O.C2H6O/c1-5-8-20-18(12-17-10-11-25-23(24)13-17)14-19(27-21(20)7-3)15-26-22(9-6-2)16(4)28;1-3-2/h7-8,10-11,13-14,16,22,26,28H,5-6,9,12,15H2,1-4H3;1-2H3/b20-8-,21-7+;. The zero-order valence-electron chi connectivity index (χ0n) is 19.8. The summed E-state index contributed by atoms with van der Waals surface area (Å²) in [5.41, 5.74) is 3.34. The number of rotatable bonds is 9. The average Bonchev–Trinajstić information content (AvgIpc) is 2.73. The maximum absolute atomic E-state index is 10.00. The zero-order chi connectivity index (χ0) is 23.2. The highest BCUT2D eigenvalue weighted by Crippen LogP contribution is 2.11. The molecule has 0 aliphatic rings. The van der Waals surface area contributed by atoms with Crippen molar-refractivity contribution in [2.45, 2.75) is 72.1 Å². The predicted molar refractivity (Wildman–Crippen MR) is 131 cm³/mol. The minimum atomic E-state index is -0.386. The molecule has 2 aromatic rings. The van der Waals surface area contributed by atoms with Crippen molar-refractivity contribution in [2.24, 2.45) is 0 Å². The fourth-order valence-corrected chi connectivity index (χ4v) is 3.62. The van der Waals surface area contributed by atoms with Crippen molar-refractivity contribution in [3.05, 3.63) is 56.9 Å². The van der Waals surface area contributed by atoms with E-state index < -0.39 is 0 Å². The number of aliphatic hydroxyl groups is 1. The second-order valence-electron chi connectivity index (χ2n) is 7.56. The fraction of sp³-hybridized carbons (Fsp3) is 0.520. The highest BCUT2D eigenvalue weighted by Gasteiger charge is 2.14. The van der Waals surface area contributed by atoms with Crippen LogP contribution >= 0.6 is 11.6 Å². The van der Waals surface area contributed by atoms with Crippen LogP contribution in [0.3, 0.4) is 0 Å². The molecule has 6 heteroatoms. The van der Waals surface area contributed by atoms with Crippen LogP contribution in [0.5, 0.6) is 0 Å². The molecule has 0 aromatic carbocycles. The Hall–Kier alpha value is -1.79. The summed E-state index contributed by atoms with van der Waals surface area (Å²) in [6.45, 7) is 8.76. The van der Waals surface area contributed by atoms with Gasteiger partial charge in [-0.25, -0.2) is 4.98 Å². The van der Waals surface area contributed by atoms with E-state index in [0.717, 1.165) is 42.3 Å². The molecule has 0 spiro atoms. The summed E-state index contributed by atoms with van der Waals surface area (Å²) < 4.78 is 4.25. The van der Waals surface area contributed by atoms with E-state index in [4.69, 9.17) is 16.6 Å². The van der Waals surface area contributed by atoms with Crippen LogP contribution in [0.4, 0.5) is 0 Å². The third kappa shape index (κ3) is 9.48. The second-order valence-corrected chi connectivity index (χ2v) is 7.95. The Morgan fingerprint density at radius 1 is 1.26 bits per heavy atom. The molecule has 0 bridgehead atoms. The third-order valence-electron chi connectivity index (χ3n) is 4.82. The minimum Gasteiger partial charge on any atom is -0.392 e. The van der Waals surface area contributed by atoms with Crippen molar-refractivity contribution < 1.29 is 9.84 Å². The lowest BCUT2D eigenvalue weighted by Gasteiger charge is -2.21. The Kier molecular flexibility index (Phi) is 13.3. The Labute approximate surface area is 192 Å². The molecule has 2 aromatic heterocycles. The van der Waals surface area contributed by atoms with Crippen LogP contribution in [-0.2, 0) is 17.7 Å². The van der Waals surface area contributed by atoms with Crippen LogP contribution in [0.25, 0.3) is 12.2 Å². The Balaban J connectivity index is 0.00000151. The van der Waals surface area contributed by atoms with Gasteiger partial charge in [0.1, 0.15) is 5.15 Å². The molecular formula is C25H38ClN3O2. The van der Waals surface area contributed by atoms with Crippen molar-refractivity contribution in [1.29, 1.82) is 0 Å². The van der Waals surface area contributed by atoms with Gasteiger partial charge in [-0.1, -0.05) is 44.0 Å². The lowest BCUT2D eigenvalue weighted by molar-refractivity contribution is 0.138. The molecule has 2 rings (SSSR count). The summed E-state index contributed by atoms with van der Waals surface area (Å²) in [7, 11) is 3.25. The van der Waals surface area contributed by atoms with Gasteiger partial charge in [0.15, 0.2) is 0 Å². The first-order chi connectivity index (χ1) is 14.9. The van der Waals surface area contributed by atoms with Crippen molar-refractivity contribution in [2.75, 3.05) is 14.2 Å². The van der Waals surface area contributed by atoms with E-state index in [0.29, 0.717) is 11.7 Å². The molecule has 0 saturated heterocycles. The summed E-state index contributed by atoms with van der Waals surface area (Å²) in [5, 5.41) is 16.2. The van der Waals surface area contributed by atoms with E-state index >= 15 is 0 Å². The first-order valence-corrected chi connectivity index (χ1v) is 11.3. The molecule has 0 aliphatic heterocycles. The third-order valence-corrected chi connectivity index (χ3v) is 5.03. The number of pyridine rings is 2. The van der Waals surface area contributed by atoms with Crippen molar-refractivity contribution in [1.82, 2.24) is 15.3 Å². The second kappa shape index (κ2) is 15.1. The van der Waals surface area contributed by atoms with Crippen LogP contribution in [0, 0.1) is 0 Å². The molecule has 0 saturated carbocycles. The zero-order valence-corrected chi connectivity index (χ0v) is 20.5. The van der Waals surface area contributed by atoms with Gasteiger partial charge < -0.3 is 15.2 Å². The van der Waals surface area contributed by atoms with Crippen LogP contribution < -0.4 is 15.9 Å². The fourth-order valence-electron chi connectivity index (χ4n) is 3.42. The maximum atomic E-state index is 10.00. The van der Waals surface area contributed by atoms with Crippen LogP contribution in [0.1, 0.15) is 63.8 Å². The van der Waals surface area contributed by atoms with E-state index in [9.17, 15) is 5.11 Å². The topological polar surface area (TPSA) is 67.3 Å². The number of nitrogens with zero attached hydrogens (tertiary/aromatic N) is 2. The molecule has 0 fully saturated rings. The molecule has 172 valence electrons. The number of aliphatic hydroxyl groups excluding tert-OH is 1. The number of ether oxygens (including phenoxy) is 1. The quantitative estimate of drug-likeness (QED) is 0.575. The van der Waals surface area contributed by atoms with E-state index in [1.54, 1.807) is 20.4 Å². The van der Waals surface area contributed by atoms with Gasteiger partial charge in [0, 0.05) is 33.0 Å². The maximum Gasteiger partial charge on any atom is 0.129 e. The number of methoxy groups -OCH3 is 1. The van der Waals surface area contributed by atoms with Gasteiger partial charge in [-0.3, -0.25) is 4.98 Å². The van der Waals surface area contributed by atoms with Gasteiger partial charge in [-0.05, 0) is 67.7 Å². The van der Waals surface area contributed by atoms with Gasteiger partial charge in [-0.2, -0.15) is 0 Å². The van der Waals surface area contributed by atoms with E-state index in [1.807, 2.05) is 26.0 Å². The van der Waals surface area contributed by atoms with E-state index in [1.165, 1.54) is 10.8 Å². The molecule has 2 atom stereocenters. The molecule has 2 heterocycles. The summed E-state index contributed by atoms with van der Waals surface area (Å²) in [4.78, 5) is 8.93. The smallest absolute Gasteiger partial charge is 0.129 e. The first-order valence-electron chi connectivity index (χ1n) is 11.0. The summed E-state index contributed by atoms with van der Waals surface area (Å²) in [5.74, 6) is 0. The first kappa shape index (κ1) is 27.2. The molecule has 5 nitrogen and oxygen atoms in total. The number of hydrogen-bond acceptors (Lipinski definition) is 5. The monoisotopic (exact) mass is 447 g/mol. The summed E-state index contributed by atoms with van der Waals surface area (Å²) in [6, 6.07) is 6.15. The largest absolute Gasteiger partial charge is 0.392 e. The molecular weight excluding hydrogens is 410 g/mol. The predicted octanol–water partition coefficient (Wildman–Crippen LogP) is 3.61. The number of halogens is 1. The van der Waals surface area contributed by atoms with Gasteiger partial charge in [-0.15, -0.1) is 0 Å². The van der Waals surface area contributed by atoms with Gasteiger partial charge in [0.25, 0.3) is 0 Å². The Bertz CT molecular complexity index is 900. The molecule has 2 N–H and O–H groups in total. The number of aromatic nitrogens is 2. The SMILES string of the molecule is C/C=c1/nc(CNC(CCC)C(C)O)cc(Cc2ccnc(Cl)c2)/c1=C/CC.COC. The van der Waals surface area contributed by atoms with Crippen LogP contribution in [0.2, 0.25) is 5.15 Å². The lowest BCUT2D eigenvalue weighted by atomic mass is 10.0. The Morgan fingerprint density at radius 2 is 1.97 bits per heavy atom. The molecule has 0 radical (unpaired) electrons. The Morgan fingerprint density at radius 3 is 2.52 bits per heavy atom. The summed E-state index contributed by atoms with van der Waals surface area (Å²) in [6.07, 6.45) is 9.35.